The van der Waals surface area contributed by atoms with Crippen LogP contribution in [0.2, 0.25) is 0 Å². The van der Waals surface area contributed by atoms with Crippen LogP contribution in [-0.2, 0) is 17.1 Å². The molecule has 1 aromatic rings. The number of amides is 1. The fraction of sp³-hybridized carbons (Fsp3) is 0.600. The molecule has 0 bridgehead atoms. The highest BCUT2D eigenvalue weighted by Crippen LogP contribution is 2.22. The maximum absolute atomic E-state index is 11.7. The third kappa shape index (κ3) is 1.72. The Hall–Kier alpha value is -1.01. The van der Waals surface area contributed by atoms with Crippen molar-refractivity contribution in [3.63, 3.8) is 0 Å². The van der Waals surface area contributed by atoms with Crippen molar-refractivity contribution in [3.8, 4) is 0 Å². The van der Waals surface area contributed by atoms with Crippen molar-refractivity contribution < 1.29 is 4.79 Å². The summed E-state index contributed by atoms with van der Waals surface area (Å²) in [5, 5.41) is 6.05. The molecule has 0 saturated carbocycles. The monoisotopic (exact) mass is 238 g/mol. The van der Waals surface area contributed by atoms with E-state index in [1.165, 1.54) is 0 Å². The molecular weight excluding hydrogens is 224 g/mol. The second-order valence-corrected chi connectivity index (χ2v) is 5.11. The minimum atomic E-state index is -0.267. The van der Waals surface area contributed by atoms with Gasteiger partial charge in [0.2, 0.25) is 5.91 Å². The molecule has 0 spiro atoms. The SMILES string of the molecule is O=C1NCCNC1c1cn2c(n1)CSCC2. The minimum absolute atomic E-state index is 0.0364. The second-order valence-electron chi connectivity index (χ2n) is 4.01. The zero-order valence-corrected chi connectivity index (χ0v) is 9.72. The smallest absolute Gasteiger partial charge is 0.243 e. The first-order chi connectivity index (χ1) is 7.84. The number of carbonyl (C=O) groups is 1. The van der Waals surface area contributed by atoms with E-state index in [4.69, 9.17) is 0 Å². The molecule has 2 aliphatic heterocycles. The number of rotatable bonds is 1. The van der Waals surface area contributed by atoms with Crippen molar-refractivity contribution in [2.24, 2.45) is 0 Å². The Morgan fingerprint density at radius 3 is 3.25 bits per heavy atom. The van der Waals surface area contributed by atoms with Crippen molar-refractivity contribution in [1.82, 2.24) is 20.2 Å². The van der Waals surface area contributed by atoms with Gasteiger partial charge in [-0.3, -0.25) is 10.1 Å². The molecule has 3 heterocycles. The van der Waals surface area contributed by atoms with Crippen LogP contribution in [0.1, 0.15) is 17.6 Å². The van der Waals surface area contributed by atoms with Gasteiger partial charge in [-0.15, -0.1) is 0 Å². The lowest BCUT2D eigenvalue weighted by molar-refractivity contribution is -0.124. The number of hydrogen-bond donors (Lipinski definition) is 2. The summed E-state index contributed by atoms with van der Waals surface area (Å²) < 4.78 is 2.16. The Morgan fingerprint density at radius 1 is 1.50 bits per heavy atom. The Kier molecular flexibility index (Phi) is 2.61. The number of piperazine rings is 1. The summed E-state index contributed by atoms with van der Waals surface area (Å²) in [6.07, 6.45) is 2.01. The molecule has 0 aromatic carbocycles. The van der Waals surface area contributed by atoms with Crippen molar-refractivity contribution in [2.75, 3.05) is 18.8 Å². The molecule has 2 aliphatic rings. The summed E-state index contributed by atoms with van der Waals surface area (Å²) in [4.78, 5) is 16.2. The van der Waals surface area contributed by atoms with E-state index < -0.39 is 0 Å². The van der Waals surface area contributed by atoms with Crippen LogP contribution in [0, 0.1) is 0 Å². The lowest BCUT2D eigenvalue weighted by Gasteiger charge is -2.21. The van der Waals surface area contributed by atoms with Gasteiger partial charge in [0.05, 0.1) is 11.4 Å². The van der Waals surface area contributed by atoms with Gasteiger partial charge in [0.15, 0.2) is 0 Å². The number of aromatic nitrogens is 2. The van der Waals surface area contributed by atoms with Crippen LogP contribution >= 0.6 is 11.8 Å². The van der Waals surface area contributed by atoms with Crippen LogP contribution in [0.5, 0.6) is 0 Å². The van der Waals surface area contributed by atoms with E-state index in [1.807, 2.05) is 18.0 Å². The van der Waals surface area contributed by atoms with Crippen LogP contribution in [0.25, 0.3) is 0 Å². The maximum Gasteiger partial charge on any atom is 0.243 e. The predicted molar refractivity (Wildman–Crippen MR) is 62.1 cm³/mol. The van der Waals surface area contributed by atoms with E-state index >= 15 is 0 Å². The molecule has 86 valence electrons. The maximum atomic E-state index is 11.7. The highest BCUT2D eigenvalue weighted by atomic mass is 32.2. The first-order valence-electron chi connectivity index (χ1n) is 5.49. The Balaban J connectivity index is 1.88. The Labute approximate surface area is 98.0 Å². The van der Waals surface area contributed by atoms with Gasteiger partial charge in [-0.05, 0) is 0 Å². The predicted octanol–water partition coefficient (Wildman–Crippen LogP) is -0.110. The van der Waals surface area contributed by atoms with Crippen LogP contribution < -0.4 is 10.6 Å². The molecule has 1 saturated heterocycles. The molecule has 3 rings (SSSR count). The third-order valence-electron chi connectivity index (χ3n) is 2.92. The number of nitrogens with zero attached hydrogens (tertiary/aromatic N) is 2. The Morgan fingerprint density at radius 2 is 2.44 bits per heavy atom. The topological polar surface area (TPSA) is 59.0 Å². The number of carbonyl (C=O) groups excluding carboxylic acids is 1. The molecule has 1 atom stereocenters. The molecule has 0 radical (unpaired) electrons. The highest BCUT2D eigenvalue weighted by molar-refractivity contribution is 7.98. The highest BCUT2D eigenvalue weighted by Gasteiger charge is 2.26. The average molecular weight is 238 g/mol. The molecule has 0 aliphatic carbocycles. The van der Waals surface area contributed by atoms with Crippen molar-refractivity contribution in [3.05, 3.63) is 17.7 Å². The Bertz CT molecular complexity index is 393. The first-order valence-corrected chi connectivity index (χ1v) is 6.65. The van der Waals surface area contributed by atoms with Gasteiger partial charge in [-0.1, -0.05) is 0 Å². The number of imidazole rings is 1. The summed E-state index contributed by atoms with van der Waals surface area (Å²) in [5.41, 5.74) is 0.856. The summed E-state index contributed by atoms with van der Waals surface area (Å²) in [5.74, 6) is 3.21. The molecule has 2 N–H and O–H groups in total. The number of thioether (sulfide) groups is 1. The molecule has 6 heteroatoms. The van der Waals surface area contributed by atoms with Crippen LogP contribution in [0.3, 0.4) is 0 Å². The van der Waals surface area contributed by atoms with E-state index in [9.17, 15) is 4.79 Å². The normalized spacial score (nSPS) is 25.0. The number of nitrogens with one attached hydrogen (secondary N) is 2. The van der Waals surface area contributed by atoms with Gasteiger partial charge >= 0.3 is 0 Å². The lowest BCUT2D eigenvalue weighted by Crippen LogP contribution is -2.47. The van der Waals surface area contributed by atoms with Crippen LogP contribution in [0.4, 0.5) is 0 Å². The number of fused-ring (bicyclic) bond motifs is 1. The molecule has 1 amide bonds. The first kappa shape index (κ1) is 10.2. The summed E-state index contributed by atoms with van der Waals surface area (Å²) in [6.45, 7) is 2.52. The lowest BCUT2D eigenvalue weighted by atomic mass is 10.2. The number of hydrogen-bond acceptors (Lipinski definition) is 4. The molecule has 1 unspecified atom stereocenters. The van der Waals surface area contributed by atoms with E-state index in [0.717, 1.165) is 36.1 Å². The van der Waals surface area contributed by atoms with Crippen LogP contribution in [0.15, 0.2) is 6.20 Å². The van der Waals surface area contributed by atoms with Gasteiger partial charge in [0.25, 0.3) is 0 Å². The van der Waals surface area contributed by atoms with Gasteiger partial charge in [0, 0.05) is 31.6 Å². The van der Waals surface area contributed by atoms with Gasteiger partial charge in [-0.2, -0.15) is 11.8 Å². The average Bonchev–Trinajstić information content (AvgIpc) is 2.73. The fourth-order valence-corrected chi connectivity index (χ4v) is 2.97. The largest absolute Gasteiger partial charge is 0.353 e. The zero-order chi connectivity index (χ0) is 11.0. The van der Waals surface area contributed by atoms with Crippen molar-refractivity contribution >= 4 is 17.7 Å². The second kappa shape index (κ2) is 4.10. The van der Waals surface area contributed by atoms with Gasteiger partial charge < -0.3 is 9.88 Å². The van der Waals surface area contributed by atoms with E-state index in [1.54, 1.807) is 0 Å². The van der Waals surface area contributed by atoms with Crippen LogP contribution in [-0.4, -0.2) is 34.3 Å². The molecule has 16 heavy (non-hydrogen) atoms. The summed E-state index contributed by atoms with van der Waals surface area (Å²) in [7, 11) is 0. The van der Waals surface area contributed by atoms with E-state index in [2.05, 4.69) is 20.2 Å². The molecule has 5 nitrogen and oxygen atoms in total. The molecular formula is C10H14N4OS. The summed E-state index contributed by atoms with van der Waals surface area (Å²) >= 11 is 1.89. The van der Waals surface area contributed by atoms with E-state index in [0.29, 0.717) is 6.54 Å². The quantitative estimate of drug-likeness (QED) is 0.717. The number of aryl methyl sites for hydroxylation is 1. The minimum Gasteiger partial charge on any atom is -0.353 e. The standard InChI is InChI=1S/C10H14N4OS/c15-10-9(11-1-2-12-10)7-5-14-3-4-16-6-8(14)13-7/h5,9,11H,1-4,6H2,(H,12,15). The fourth-order valence-electron chi connectivity index (χ4n) is 2.09. The third-order valence-corrected chi connectivity index (χ3v) is 3.85. The van der Waals surface area contributed by atoms with E-state index in [-0.39, 0.29) is 11.9 Å². The van der Waals surface area contributed by atoms with Crippen molar-refractivity contribution in [2.45, 2.75) is 18.3 Å². The van der Waals surface area contributed by atoms with Crippen molar-refractivity contribution in [1.29, 1.82) is 0 Å². The zero-order valence-electron chi connectivity index (χ0n) is 8.90. The van der Waals surface area contributed by atoms with Gasteiger partial charge in [-0.25, -0.2) is 4.98 Å². The summed E-state index contributed by atoms with van der Waals surface area (Å²) in [6, 6.07) is -0.267. The molecule has 1 aromatic heterocycles. The molecule has 1 fully saturated rings. The van der Waals surface area contributed by atoms with Gasteiger partial charge in [0.1, 0.15) is 11.9 Å².